The summed E-state index contributed by atoms with van der Waals surface area (Å²) in [5.41, 5.74) is 0. The summed E-state index contributed by atoms with van der Waals surface area (Å²) in [5.74, 6) is 2.53. The van der Waals surface area contributed by atoms with Crippen molar-refractivity contribution in [1.82, 2.24) is 0 Å². The fourth-order valence-corrected chi connectivity index (χ4v) is 3.28. The number of rotatable bonds is 3. The molecule has 0 aliphatic heterocycles. The van der Waals surface area contributed by atoms with Gasteiger partial charge in [-0.2, -0.15) is 0 Å². The predicted molar refractivity (Wildman–Crippen MR) is 49.9 cm³/mol. The van der Waals surface area contributed by atoms with Crippen LogP contribution in [0.15, 0.2) is 0 Å². The van der Waals surface area contributed by atoms with Crippen molar-refractivity contribution in [3.8, 4) is 0 Å². The molecule has 2 aliphatic rings. The molecule has 3 unspecified atom stereocenters. The third kappa shape index (κ3) is 1.39. The van der Waals surface area contributed by atoms with Crippen LogP contribution in [0.2, 0.25) is 0 Å². The van der Waals surface area contributed by atoms with E-state index in [1.165, 1.54) is 25.7 Å². The first-order valence-corrected chi connectivity index (χ1v) is 5.49. The van der Waals surface area contributed by atoms with Gasteiger partial charge in [0.25, 0.3) is 0 Å². The lowest BCUT2D eigenvalue weighted by atomic mass is 9.83. The molecule has 1 N–H and O–H groups in total. The lowest BCUT2D eigenvalue weighted by molar-refractivity contribution is 0.0669. The van der Waals surface area contributed by atoms with Crippen molar-refractivity contribution in [2.24, 2.45) is 17.8 Å². The van der Waals surface area contributed by atoms with Crippen LogP contribution in [0.3, 0.4) is 0 Å². The van der Waals surface area contributed by atoms with Gasteiger partial charge in [-0.05, 0) is 43.4 Å². The molecular weight excluding hydrogens is 148 g/mol. The number of fused-ring (bicyclic) bond motifs is 2. The van der Waals surface area contributed by atoms with Gasteiger partial charge in [0.1, 0.15) is 0 Å². The lowest BCUT2D eigenvalue weighted by Crippen LogP contribution is -2.25. The summed E-state index contributed by atoms with van der Waals surface area (Å²) in [6.07, 6.45) is 7.77. The molecule has 0 spiro atoms. The van der Waals surface area contributed by atoms with E-state index >= 15 is 0 Å². The van der Waals surface area contributed by atoms with E-state index in [9.17, 15) is 5.11 Å². The second kappa shape index (κ2) is 3.37. The zero-order valence-electron chi connectivity index (χ0n) is 8.00. The Balaban J connectivity index is 1.89. The van der Waals surface area contributed by atoms with E-state index in [1.807, 2.05) is 0 Å². The first-order valence-electron chi connectivity index (χ1n) is 5.49. The van der Waals surface area contributed by atoms with Crippen LogP contribution in [-0.2, 0) is 0 Å². The Hall–Kier alpha value is -0.0400. The van der Waals surface area contributed by atoms with Crippen LogP contribution < -0.4 is 0 Å². The van der Waals surface area contributed by atoms with Crippen molar-refractivity contribution in [2.75, 3.05) is 0 Å². The van der Waals surface area contributed by atoms with Crippen LogP contribution in [0.1, 0.15) is 45.4 Å². The zero-order chi connectivity index (χ0) is 8.55. The number of aliphatic hydroxyl groups is 1. The Kier molecular flexibility index (Phi) is 2.40. The molecule has 0 aromatic heterocycles. The summed E-state index contributed by atoms with van der Waals surface area (Å²) < 4.78 is 0. The van der Waals surface area contributed by atoms with Crippen molar-refractivity contribution >= 4 is 0 Å². The highest BCUT2D eigenvalue weighted by atomic mass is 16.3. The summed E-state index contributed by atoms with van der Waals surface area (Å²) in [4.78, 5) is 0. The molecule has 2 fully saturated rings. The minimum atomic E-state index is 0.0188. The summed E-state index contributed by atoms with van der Waals surface area (Å²) >= 11 is 0. The van der Waals surface area contributed by atoms with Gasteiger partial charge in [-0.25, -0.2) is 0 Å². The van der Waals surface area contributed by atoms with Gasteiger partial charge in [-0.3, -0.25) is 0 Å². The molecule has 0 amide bonds. The molecular formula is C11H20O. The van der Waals surface area contributed by atoms with Crippen LogP contribution in [0.5, 0.6) is 0 Å². The summed E-state index contributed by atoms with van der Waals surface area (Å²) in [7, 11) is 0. The Morgan fingerprint density at radius 1 is 1.33 bits per heavy atom. The number of aliphatic hydroxyl groups excluding tert-OH is 1. The molecule has 0 saturated heterocycles. The molecule has 1 heteroatoms. The Morgan fingerprint density at radius 3 is 2.67 bits per heavy atom. The van der Waals surface area contributed by atoms with Gasteiger partial charge in [0, 0.05) is 0 Å². The highest BCUT2D eigenvalue weighted by molar-refractivity contribution is 4.92. The first-order chi connectivity index (χ1) is 5.81. The third-order valence-electron chi connectivity index (χ3n) is 3.87. The minimum Gasteiger partial charge on any atom is -0.393 e. The third-order valence-corrected chi connectivity index (χ3v) is 3.87. The summed E-state index contributed by atoms with van der Waals surface area (Å²) in [6, 6.07) is 0. The van der Waals surface area contributed by atoms with E-state index < -0.39 is 0 Å². The van der Waals surface area contributed by atoms with Gasteiger partial charge in [0.2, 0.25) is 0 Å². The smallest absolute Gasteiger partial charge is 0.0571 e. The van der Waals surface area contributed by atoms with Crippen LogP contribution in [-0.4, -0.2) is 11.2 Å². The van der Waals surface area contributed by atoms with E-state index in [0.29, 0.717) is 5.92 Å². The topological polar surface area (TPSA) is 20.2 Å². The lowest BCUT2D eigenvalue weighted by Gasteiger charge is -2.26. The average molecular weight is 168 g/mol. The fourth-order valence-electron chi connectivity index (χ4n) is 3.28. The zero-order valence-corrected chi connectivity index (χ0v) is 8.00. The summed E-state index contributed by atoms with van der Waals surface area (Å²) in [5, 5.41) is 9.87. The Labute approximate surface area is 75.2 Å². The molecule has 12 heavy (non-hydrogen) atoms. The molecule has 0 aromatic carbocycles. The SMILES string of the molecule is CCC[C@H](O)C1CC2CCC1C2. The molecule has 4 atom stereocenters. The van der Waals surface area contributed by atoms with E-state index in [-0.39, 0.29) is 6.10 Å². The van der Waals surface area contributed by atoms with Crippen LogP contribution >= 0.6 is 0 Å². The standard InChI is InChI=1S/C11H20O/c1-2-3-11(12)10-7-8-4-5-9(10)6-8/h8-12H,2-7H2,1H3/t8?,9?,10?,11-/m0/s1. The predicted octanol–water partition coefficient (Wildman–Crippen LogP) is 2.58. The van der Waals surface area contributed by atoms with Gasteiger partial charge in [0.05, 0.1) is 6.10 Å². The normalized spacial score (nSPS) is 42.0. The maximum Gasteiger partial charge on any atom is 0.0571 e. The molecule has 2 rings (SSSR count). The van der Waals surface area contributed by atoms with E-state index in [0.717, 1.165) is 24.7 Å². The molecule has 0 aromatic rings. The van der Waals surface area contributed by atoms with Gasteiger partial charge in [-0.15, -0.1) is 0 Å². The van der Waals surface area contributed by atoms with Gasteiger partial charge in [-0.1, -0.05) is 19.8 Å². The van der Waals surface area contributed by atoms with Crippen molar-refractivity contribution in [3.63, 3.8) is 0 Å². The average Bonchev–Trinajstić information content (AvgIpc) is 2.64. The minimum absolute atomic E-state index is 0.0188. The second-order valence-corrected chi connectivity index (χ2v) is 4.69. The Bertz CT molecular complexity index is 155. The molecule has 2 saturated carbocycles. The van der Waals surface area contributed by atoms with Crippen LogP contribution in [0, 0.1) is 17.8 Å². The number of hydrogen-bond donors (Lipinski definition) is 1. The molecule has 2 aliphatic carbocycles. The molecule has 0 radical (unpaired) electrons. The second-order valence-electron chi connectivity index (χ2n) is 4.69. The molecule has 2 bridgehead atoms. The monoisotopic (exact) mass is 168 g/mol. The van der Waals surface area contributed by atoms with Crippen molar-refractivity contribution in [3.05, 3.63) is 0 Å². The van der Waals surface area contributed by atoms with Crippen molar-refractivity contribution in [1.29, 1.82) is 0 Å². The van der Waals surface area contributed by atoms with Gasteiger partial charge < -0.3 is 5.11 Å². The van der Waals surface area contributed by atoms with Crippen molar-refractivity contribution < 1.29 is 5.11 Å². The van der Waals surface area contributed by atoms with Crippen molar-refractivity contribution in [2.45, 2.75) is 51.6 Å². The first kappa shape index (κ1) is 8.55. The maximum absolute atomic E-state index is 9.87. The quantitative estimate of drug-likeness (QED) is 0.686. The summed E-state index contributed by atoms with van der Waals surface area (Å²) in [6.45, 7) is 2.16. The van der Waals surface area contributed by atoms with E-state index in [4.69, 9.17) is 0 Å². The highest BCUT2D eigenvalue weighted by Crippen LogP contribution is 2.49. The Morgan fingerprint density at radius 2 is 2.17 bits per heavy atom. The van der Waals surface area contributed by atoms with E-state index in [1.54, 1.807) is 0 Å². The molecule has 1 nitrogen and oxygen atoms in total. The largest absolute Gasteiger partial charge is 0.393 e. The van der Waals surface area contributed by atoms with E-state index in [2.05, 4.69) is 6.92 Å². The molecule has 70 valence electrons. The fraction of sp³-hybridized carbons (Fsp3) is 1.00. The maximum atomic E-state index is 9.87. The molecule has 0 heterocycles. The highest BCUT2D eigenvalue weighted by Gasteiger charge is 2.42. The van der Waals surface area contributed by atoms with Crippen LogP contribution in [0.25, 0.3) is 0 Å². The van der Waals surface area contributed by atoms with Crippen LogP contribution in [0.4, 0.5) is 0 Å². The van der Waals surface area contributed by atoms with Gasteiger partial charge >= 0.3 is 0 Å². The number of hydrogen-bond acceptors (Lipinski definition) is 1. The van der Waals surface area contributed by atoms with Gasteiger partial charge in [0.15, 0.2) is 0 Å².